The van der Waals surface area contributed by atoms with E-state index in [0.29, 0.717) is 0 Å². The fourth-order valence-electron chi connectivity index (χ4n) is 0.580. The second-order valence-electron chi connectivity index (χ2n) is 2.23. The summed E-state index contributed by atoms with van der Waals surface area (Å²) in [4.78, 5) is 10.4. The molecule has 0 aliphatic heterocycles. The number of hydrogen-bond donors (Lipinski definition) is 3. The van der Waals surface area contributed by atoms with Crippen LogP contribution >= 0.6 is 0 Å². The first-order valence-corrected chi connectivity index (χ1v) is 3.14. The van der Waals surface area contributed by atoms with E-state index in [1.54, 1.807) is 0 Å². The van der Waals surface area contributed by atoms with Gasteiger partial charge < -0.3 is 15.5 Å². The van der Waals surface area contributed by atoms with Gasteiger partial charge in [-0.3, -0.25) is 4.79 Å². The number of carbonyl (C=O) groups is 1. The fraction of sp³-hybridized carbons (Fsp3) is 0.833. The second kappa shape index (κ2) is 4.24. The van der Waals surface area contributed by atoms with Gasteiger partial charge in [0.05, 0.1) is 18.8 Å². The van der Waals surface area contributed by atoms with Crippen molar-refractivity contribution in [3.8, 4) is 0 Å². The molecule has 0 aromatic carbocycles. The highest BCUT2D eigenvalue weighted by molar-refractivity contribution is 5.73. The zero-order valence-corrected chi connectivity index (χ0v) is 6.16. The largest absolute Gasteiger partial charge is 0.394 e. The molecule has 0 aliphatic rings. The van der Waals surface area contributed by atoms with Crippen molar-refractivity contribution < 1.29 is 15.0 Å². The molecule has 0 saturated heterocycles. The Kier molecular flexibility index (Phi) is 3.99. The maximum Gasteiger partial charge on any atom is 0.217 e. The summed E-state index contributed by atoms with van der Waals surface area (Å²) in [5.74, 6) is -0.250. The van der Waals surface area contributed by atoms with Crippen molar-refractivity contribution in [3.05, 3.63) is 0 Å². The molecule has 10 heavy (non-hydrogen) atoms. The lowest BCUT2D eigenvalue weighted by molar-refractivity contribution is -0.120. The molecule has 0 rings (SSSR count). The van der Waals surface area contributed by atoms with E-state index < -0.39 is 12.1 Å². The molecule has 0 fully saturated rings. The first-order valence-electron chi connectivity index (χ1n) is 3.14. The van der Waals surface area contributed by atoms with Crippen LogP contribution in [0.2, 0.25) is 0 Å². The van der Waals surface area contributed by atoms with E-state index in [1.165, 1.54) is 13.8 Å². The minimum Gasteiger partial charge on any atom is -0.394 e. The van der Waals surface area contributed by atoms with Crippen LogP contribution in [0.15, 0.2) is 0 Å². The summed E-state index contributed by atoms with van der Waals surface area (Å²) >= 11 is 0. The molecular formula is C6H13NO3. The summed E-state index contributed by atoms with van der Waals surface area (Å²) in [6.45, 7) is 2.61. The molecule has 2 atom stereocenters. The van der Waals surface area contributed by atoms with Crippen LogP contribution in [0.5, 0.6) is 0 Å². The third-order valence-corrected chi connectivity index (χ3v) is 1.17. The predicted octanol–water partition coefficient (Wildman–Crippen LogP) is -1.14. The van der Waals surface area contributed by atoms with Crippen LogP contribution in [0.1, 0.15) is 13.8 Å². The van der Waals surface area contributed by atoms with E-state index in [4.69, 9.17) is 10.2 Å². The molecule has 1 amide bonds. The average molecular weight is 147 g/mol. The van der Waals surface area contributed by atoms with Crippen molar-refractivity contribution in [3.63, 3.8) is 0 Å². The van der Waals surface area contributed by atoms with Crippen molar-refractivity contribution in [1.29, 1.82) is 0 Å². The molecule has 0 aromatic heterocycles. The highest BCUT2D eigenvalue weighted by Crippen LogP contribution is 1.89. The molecule has 0 aliphatic carbocycles. The summed E-state index contributed by atoms with van der Waals surface area (Å²) in [6.07, 6.45) is -0.714. The molecular weight excluding hydrogens is 134 g/mol. The Morgan fingerprint density at radius 2 is 2.20 bits per heavy atom. The van der Waals surface area contributed by atoms with Gasteiger partial charge in [-0.1, -0.05) is 0 Å². The minimum absolute atomic E-state index is 0.239. The van der Waals surface area contributed by atoms with Crippen LogP contribution in [-0.2, 0) is 4.79 Å². The Balaban J connectivity index is 3.71. The Labute approximate surface area is 59.9 Å². The first kappa shape index (κ1) is 9.39. The number of amides is 1. The van der Waals surface area contributed by atoms with Gasteiger partial charge in [-0.25, -0.2) is 0 Å². The minimum atomic E-state index is -0.714. The van der Waals surface area contributed by atoms with Gasteiger partial charge in [0.2, 0.25) is 5.91 Å². The van der Waals surface area contributed by atoms with Gasteiger partial charge in [0, 0.05) is 6.92 Å². The molecule has 0 unspecified atom stereocenters. The molecule has 0 radical (unpaired) electrons. The summed E-state index contributed by atoms with van der Waals surface area (Å²) < 4.78 is 0. The second-order valence-corrected chi connectivity index (χ2v) is 2.23. The molecule has 60 valence electrons. The standard InChI is InChI=1S/C6H13NO3/c1-4(9)6(3-8)7-5(2)10/h4,6,8-9H,3H2,1-2H3,(H,7,10)/t4-,6+/m0/s1. The number of aliphatic hydroxyl groups excluding tert-OH is 2. The zero-order chi connectivity index (χ0) is 8.15. The molecule has 0 saturated carbocycles. The van der Waals surface area contributed by atoms with Gasteiger partial charge in [-0.05, 0) is 6.92 Å². The number of nitrogens with one attached hydrogen (secondary N) is 1. The van der Waals surface area contributed by atoms with Crippen LogP contribution in [0.3, 0.4) is 0 Å². The van der Waals surface area contributed by atoms with Crippen LogP contribution in [0.25, 0.3) is 0 Å². The average Bonchev–Trinajstić information content (AvgIpc) is 1.81. The zero-order valence-electron chi connectivity index (χ0n) is 6.16. The maximum atomic E-state index is 10.4. The third kappa shape index (κ3) is 3.42. The van der Waals surface area contributed by atoms with Gasteiger partial charge in [0.25, 0.3) is 0 Å². The van der Waals surface area contributed by atoms with E-state index >= 15 is 0 Å². The normalized spacial score (nSPS) is 16.0. The Morgan fingerprint density at radius 3 is 2.30 bits per heavy atom. The van der Waals surface area contributed by atoms with Crippen LogP contribution in [-0.4, -0.2) is 34.9 Å². The Hall–Kier alpha value is -0.610. The van der Waals surface area contributed by atoms with Gasteiger partial charge in [-0.2, -0.15) is 0 Å². The van der Waals surface area contributed by atoms with Crippen LogP contribution in [0.4, 0.5) is 0 Å². The highest BCUT2D eigenvalue weighted by atomic mass is 16.3. The van der Waals surface area contributed by atoms with Gasteiger partial charge in [-0.15, -0.1) is 0 Å². The lowest BCUT2D eigenvalue weighted by Crippen LogP contribution is -2.43. The Morgan fingerprint density at radius 1 is 1.70 bits per heavy atom. The van der Waals surface area contributed by atoms with Crippen molar-refractivity contribution >= 4 is 5.91 Å². The molecule has 0 spiro atoms. The third-order valence-electron chi connectivity index (χ3n) is 1.17. The molecule has 0 aromatic rings. The van der Waals surface area contributed by atoms with Crippen LogP contribution in [0, 0.1) is 0 Å². The smallest absolute Gasteiger partial charge is 0.217 e. The van der Waals surface area contributed by atoms with Crippen LogP contribution < -0.4 is 5.32 Å². The monoisotopic (exact) mass is 147 g/mol. The number of hydrogen-bond acceptors (Lipinski definition) is 3. The number of aliphatic hydroxyl groups is 2. The Bertz CT molecular complexity index is 114. The van der Waals surface area contributed by atoms with Gasteiger partial charge in [0.1, 0.15) is 0 Å². The topological polar surface area (TPSA) is 69.6 Å². The summed E-state index contributed by atoms with van der Waals surface area (Å²) in [5, 5.41) is 19.8. The molecule has 4 heteroatoms. The fourth-order valence-corrected chi connectivity index (χ4v) is 0.580. The number of carbonyl (C=O) groups excluding carboxylic acids is 1. The van der Waals surface area contributed by atoms with E-state index in [1.807, 2.05) is 0 Å². The summed E-state index contributed by atoms with van der Waals surface area (Å²) in [7, 11) is 0. The van der Waals surface area contributed by atoms with Gasteiger partial charge in [0.15, 0.2) is 0 Å². The van der Waals surface area contributed by atoms with E-state index in [-0.39, 0.29) is 12.5 Å². The number of rotatable bonds is 3. The predicted molar refractivity (Wildman–Crippen MR) is 36.4 cm³/mol. The van der Waals surface area contributed by atoms with Crippen molar-refractivity contribution in [2.45, 2.75) is 26.0 Å². The lowest BCUT2D eigenvalue weighted by atomic mass is 10.2. The van der Waals surface area contributed by atoms with Crippen molar-refractivity contribution in [1.82, 2.24) is 5.32 Å². The molecule has 0 heterocycles. The van der Waals surface area contributed by atoms with E-state index in [0.717, 1.165) is 0 Å². The highest BCUT2D eigenvalue weighted by Gasteiger charge is 2.13. The summed E-state index contributed by atoms with van der Waals surface area (Å²) in [5.41, 5.74) is 0. The van der Waals surface area contributed by atoms with Crippen molar-refractivity contribution in [2.24, 2.45) is 0 Å². The quantitative estimate of drug-likeness (QED) is 0.473. The maximum absolute atomic E-state index is 10.4. The molecule has 0 bridgehead atoms. The summed E-state index contributed by atoms with van der Waals surface area (Å²) in [6, 6.07) is -0.544. The molecule has 3 N–H and O–H groups in total. The first-order chi connectivity index (χ1) is 4.57. The van der Waals surface area contributed by atoms with E-state index in [9.17, 15) is 4.79 Å². The lowest BCUT2D eigenvalue weighted by Gasteiger charge is -2.17. The SMILES string of the molecule is CC(=O)N[C@H](CO)[C@H](C)O. The van der Waals surface area contributed by atoms with Crippen molar-refractivity contribution in [2.75, 3.05) is 6.61 Å². The van der Waals surface area contributed by atoms with E-state index in [2.05, 4.69) is 5.32 Å². The van der Waals surface area contributed by atoms with Gasteiger partial charge >= 0.3 is 0 Å². The molecule has 4 nitrogen and oxygen atoms in total.